The number of aryl methyl sites for hydroxylation is 2. The largest absolute Gasteiger partial charge is 0.449 e. The lowest BCUT2D eigenvalue weighted by atomic mass is 10.1. The molecule has 0 saturated carbocycles. The van der Waals surface area contributed by atoms with Gasteiger partial charge in [0.25, 0.3) is 11.6 Å². The van der Waals surface area contributed by atoms with Crippen molar-refractivity contribution >= 4 is 23.3 Å². The number of non-ortho nitro benzene ring substituents is 1. The molecule has 0 bridgehead atoms. The van der Waals surface area contributed by atoms with Gasteiger partial charge in [-0.05, 0) is 38.0 Å². The Balaban J connectivity index is 2.07. The summed E-state index contributed by atoms with van der Waals surface area (Å²) in [5.41, 5.74) is 2.25. The average Bonchev–Trinajstić information content (AvgIpc) is 2.58. The first kappa shape index (κ1) is 18.1. The van der Waals surface area contributed by atoms with Gasteiger partial charge in [-0.15, -0.1) is 0 Å². The third-order valence-corrected chi connectivity index (χ3v) is 3.68. The fourth-order valence-corrected chi connectivity index (χ4v) is 2.27. The molecule has 0 aromatic heterocycles. The molecule has 0 aliphatic rings. The highest BCUT2D eigenvalue weighted by Gasteiger charge is 2.21. The molecule has 7 heteroatoms. The second-order valence-electron chi connectivity index (χ2n) is 5.61. The van der Waals surface area contributed by atoms with E-state index in [0.717, 1.165) is 17.2 Å². The van der Waals surface area contributed by atoms with E-state index in [9.17, 15) is 19.7 Å². The number of nitrogens with zero attached hydrogens (tertiary/aromatic N) is 1. The molecule has 7 nitrogen and oxygen atoms in total. The molecule has 0 fully saturated rings. The van der Waals surface area contributed by atoms with E-state index in [0.29, 0.717) is 5.69 Å². The molecule has 1 unspecified atom stereocenters. The number of nitro benzene ring substituents is 1. The summed E-state index contributed by atoms with van der Waals surface area (Å²) in [6.45, 7) is 5.17. The number of rotatable bonds is 5. The van der Waals surface area contributed by atoms with Crippen molar-refractivity contribution in [2.24, 2.45) is 0 Å². The number of para-hydroxylation sites is 1. The number of esters is 1. The Morgan fingerprint density at radius 3 is 2.32 bits per heavy atom. The van der Waals surface area contributed by atoms with Crippen LogP contribution in [-0.4, -0.2) is 22.9 Å². The van der Waals surface area contributed by atoms with Gasteiger partial charge >= 0.3 is 5.97 Å². The maximum Gasteiger partial charge on any atom is 0.339 e. The predicted octanol–water partition coefficient (Wildman–Crippen LogP) is 3.40. The molecule has 1 N–H and O–H groups in total. The molecular formula is C18H18N2O5. The molecule has 25 heavy (non-hydrogen) atoms. The Hall–Kier alpha value is -3.22. The predicted molar refractivity (Wildman–Crippen MR) is 92.5 cm³/mol. The maximum absolute atomic E-state index is 12.3. The zero-order valence-corrected chi connectivity index (χ0v) is 14.1. The summed E-state index contributed by atoms with van der Waals surface area (Å²) in [6.07, 6.45) is -1.05. The molecule has 1 amide bonds. The molecule has 1 atom stereocenters. The molecule has 0 radical (unpaired) electrons. The SMILES string of the molecule is Cc1cccc(C)c1NC(=O)C(C)OC(=O)c1cccc([N+](=O)[O-])c1. The van der Waals surface area contributed by atoms with Crippen LogP contribution in [0, 0.1) is 24.0 Å². The third-order valence-electron chi connectivity index (χ3n) is 3.68. The zero-order chi connectivity index (χ0) is 18.6. The van der Waals surface area contributed by atoms with Gasteiger partial charge in [-0.2, -0.15) is 0 Å². The van der Waals surface area contributed by atoms with Gasteiger partial charge in [0.15, 0.2) is 6.10 Å². The zero-order valence-electron chi connectivity index (χ0n) is 14.1. The van der Waals surface area contributed by atoms with Crippen molar-refractivity contribution in [1.82, 2.24) is 0 Å². The molecule has 2 aromatic carbocycles. The number of hydrogen-bond donors (Lipinski definition) is 1. The van der Waals surface area contributed by atoms with Gasteiger partial charge in [-0.25, -0.2) is 4.79 Å². The van der Waals surface area contributed by atoms with Crippen molar-refractivity contribution in [3.05, 3.63) is 69.3 Å². The molecule has 130 valence electrons. The number of ether oxygens (including phenoxy) is 1. The van der Waals surface area contributed by atoms with E-state index < -0.39 is 22.9 Å². The van der Waals surface area contributed by atoms with E-state index in [1.54, 1.807) is 0 Å². The summed E-state index contributed by atoms with van der Waals surface area (Å²) in [5, 5.41) is 13.5. The van der Waals surface area contributed by atoms with Crippen molar-refractivity contribution in [2.75, 3.05) is 5.32 Å². The molecule has 0 aliphatic heterocycles. The number of hydrogen-bond acceptors (Lipinski definition) is 5. The fourth-order valence-electron chi connectivity index (χ4n) is 2.27. The van der Waals surface area contributed by atoms with Gasteiger partial charge in [0.1, 0.15) is 0 Å². The smallest absolute Gasteiger partial charge is 0.339 e. The monoisotopic (exact) mass is 342 g/mol. The number of anilines is 1. The van der Waals surface area contributed by atoms with Crippen LogP contribution in [0.3, 0.4) is 0 Å². The van der Waals surface area contributed by atoms with Crippen LogP contribution in [0.15, 0.2) is 42.5 Å². The van der Waals surface area contributed by atoms with E-state index >= 15 is 0 Å². The summed E-state index contributed by atoms with van der Waals surface area (Å²) in [7, 11) is 0. The van der Waals surface area contributed by atoms with Gasteiger partial charge in [-0.1, -0.05) is 24.3 Å². The second-order valence-corrected chi connectivity index (χ2v) is 5.61. The molecule has 2 rings (SSSR count). The van der Waals surface area contributed by atoms with Crippen molar-refractivity contribution in [1.29, 1.82) is 0 Å². The Kier molecular flexibility index (Phi) is 5.49. The summed E-state index contributed by atoms with van der Waals surface area (Å²) < 4.78 is 5.11. The van der Waals surface area contributed by atoms with Gasteiger partial charge < -0.3 is 10.1 Å². The first-order valence-corrected chi connectivity index (χ1v) is 7.62. The number of carbonyl (C=O) groups is 2. The van der Waals surface area contributed by atoms with Crippen LogP contribution in [0.2, 0.25) is 0 Å². The maximum atomic E-state index is 12.3. The molecule has 0 aliphatic carbocycles. The van der Waals surface area contributed by atoms with Gasteiger partial charge in [-0.3, -0.25) is 14.9 Å². The van der Waals surface area contributed by atoms with Crippen molar-refractivity contribution in [3.63, 3.8) is 0 Å². The third kappa shape index (κ3) is 4.41. The number of amides is 1. The number of benzene rings is 2. The van der Waals surface area contributed by atoms with Crippen LogP contribution in [0.5, 0.6) is 0 Å². The lowest BCUT2D eigenvalue weighted by Gasteiger charge is -2.16. The van der Waals surface area contributed by atoms with E-state index in [1.165, 1.54) is 25.1 Å². The van der Waals surface area contributed by atoms with E-state index in [2.05, 4.69) is 5.32 Å². The average molecular weight is 342 g/mol. The lowest BCUT2D eigenvalue weighted by molar-refractivity contribution is -0.384. The minimum atomic E-state index is -1.05. The number of nitro groups is 1. The summed E-state index contributed by atoms with van der Waals surface area (Å²) in [6, 6.07) is 10.8. The quantitative estimate of drug-likeness (QED) is 0.510. The fraction of sp³-hybridized carbons (Fsp3) is 0.222. The van der Waals surface area contributed by atoms with Gasteiger partial charge in [0.2, 0.25) is 0 Å². The van der Waals surface area contributed by atoms with Crippen LogP contribution in [0.25, 0.3) is 0 Å². The van der Waals surface area contributed by atoms with E-state index in [4.69, 9.17) is 4.74 Å². The summed E-state index contributed by atoms with van der Waals surface area (Å²) in [5.74, 6) is -1.27. The highest BCUT2D eigenvalue weighted by atomic mass is 16.6. The summed E-state index contributed by atoms with van der Waals surface area (Å²) >= 11 is 0. The van der Waals surface area contributed by atoms with Crippen molar-refractivity contribution < 1.29 is 19.2 Å². The minimum Gasteiger partial charge on any atom is -0.449 e. The van der Waals surface area contributed by atoms with Crippen LogP contribution in [0.4, 0.5) is 11.4 Å². The van der Waals surface area contributed by atoms with Gasteiger partial charge in [0, 0.05) is 17.8 Å². The van der Waals surface area contributed by atoms with Crippen LogP contribution in [-0.2, 0) is 9.53 Å². The lowest BCUT2D eigenvalue weighted by Crippen LogP contribution is -2.30. The Bertz CT molecular complexity index is 812. The Labute approximate surface area is 144 Å². The van der Waals surface area contributed by atoms with Crippen LogP contribution in [0.1, 0.15) is 28.4 Å². The molecular weight excluding hydrogens is 324 g/mol. The van der Waals surface area contributed by atoms with Crippen molar-refractivity contribution in [2.45, 2.75) is 26.9 Å². The Morgan fingerprint density at radius 1 is 1.12 bits per heavy atom. The topological polar surface area (TPSA) is 98.5 Å². The van der Waals surface area contributed by atoms with Crippen LogP contribution < -0.4 is 5.32 Å². The van der Waals surface area contributed by atoms with E-state index in [-0.39, 0.29) is 11.3 Å². The normalized spacial score (nSPS) is 11.5. The number of carbonyl (C=O) groups excluding carboxylic acids is 2. The summed E-state index contributed by atoms with van der Waals surface area (Å²) in [4.78, 5) is 34.5. The highest BCUT2D eigenvalue weighted by Crippen LogP contribution is 2.20. The standard InChI is InChI=1S/C18H18N2O5/c1-11-6-4-7-12(2)16(11)19-17(21)13(3)25-18(22)14-8-5-9-15(10-14)20(23)24/h4-10,13H,1-3H3,(H,19,21). The van der Waals surface area contributed by atoms with Gasteiger partial charge in [0.05, 0.1) is 10.5 Å². The molecule has 0 saturated heterocycles. The van der Waals surface area contributed by atoms with Crippen molar-refractivity contribution in [3.8, 4) is 0 Å². The minimum absolute atomic E-state index is 0.0147. The van der Waals surface area contributed by atoms with E-state index in [1.807, 2.05) is 32.0 Å². The molecule has 2 aromatic rings. The molecule has 0 heterocycles. The second kappa shape index (κ2) is 7.57. The first-order valence-electron chi connectivity index (χ1n) is 7.62. The molecule has 0 spiro atoms. The first-order chi connectivity index (χ1) is 11.8. The highest BCUT2D eigenvalue weighted by molar-refractivity contribution is 5.98. The Morgan fingerprint density at radius 2 is 1.72 bits per heavy atom. The van der Waals surface area contributed by atoms with Crippen LogP contribution >= 0.6 is 0 Å². The number of nitrogens with one attached hydrogen (secondary N) is 1.